The molecule has 0 aliphatic carbocycles. The number of hydrogen-bond acceptors (Lipinski definition) is 5. The van der Waals surface area contributed by atoms with Crippen molar-refractivity contribution in [2.24, 2.45) is 0 Å². The number of carbonyl (C=O) groups is 1. The topological polar surface area (TPSA) is 79.4 Å². The van der Waals surface area contributed by atoms with Gasteiger partial charge in [0.1, 0.15) is 4.90 Å². The minimum atomic E-state index is -3.61. The molecule has 0 spiro atoms. The van der Waals surface area contributed by atoms with Gasteiger partial charge in [-0.2, -0.15) is 4.31 Å². The van der Waals surface area contributed by atoms with Gasteiger partial charge >= 0.3 is 0 Å². The van der Waals surface area contributed by atoms with Crippen LogP contribution in [0.4, 0.5) is 5.69 Å². The summed E-state index contributed by atoms with van der Waals surface area (Å²) in [6, 6.07) is 6.60. The number of carbonyl (C=O) groups excluding carboxylic acids is 1. The van der Waals surface area contributed by atoms with Crippen LogP contribution >= 0.6 is 11.3 Å². The summed E-state index contributed by atoms with van der Waals surface area (Å²) >= 11 is 1.54. The Hall–Kier alpha value is -1.77. The Balaban J connectivity index is 1.76. The smallest absolute Gasteiger partial charge is 0.245 e. The van der Waals surface area contributed by atoms with Crippen LogP contribution in [-0.4, -0.2) is 36.7 Å². The summed E-state index contributed by atoms with van der Waals surface area (Å²) in [5.41, 5.74) is 1.03. The molecule has 3 rings (SSSR count). The second-order valence-electron chi connectivity index (χ2n) is 7.02. The first-order chi connectivity index (χ1) is 12.9. The van der Waals surface area contributed by atoms with E-state index in [0.29, 0.717) is 30.4 Å². The maximum atomic E-state index is 13.0. The first-order valence-corrected chi connectivity index (χ1v) is 11.5. The molecular formula is C19H25N3O3S2. The lowest BCUT2D eigenvalue weighted by atomic mass is 10.2. The Bertz CT molecular complexity index is 900. The summed E-state index contributed by atoms with van der Waals surface area (Å²) in [4.78, 5) is 17.1. The Kier molecular flexibility index (Phi) is 6.29. The second-order valence-corrected chi connectivity index (χ2v) is 9.81. The highest BCUT2D eigenvalue weighted by atomic mass is 32.2. The van der Waals surface area contributed by atoms with E-state index in [0.717, 1.165) is 24.3 Å². The third-order valence-corrected chi connectivity index (χ3v) is 7.65. The molecule has 1 N–H and O–H groups in total. The monoisotopic (exact) mass is 407 g/mol. The Morgan fingerprint density at radius 1 is 1.22 bits per heavy atom. The average Bonchev–Trinajstić information content (AvgIpc) is 3.11. The largest absolute Gasteiger partial charge is 0.325 e. The number of benzene rings is 1. The SMILES string of the molecule is CC(C)c1nc(CC(=O)Nc2ccccc2S(=O)(=O)N2CCCCC2)cs1. The van der Waals surface area contributed by atoms with Crippen LogP contribution in [0.25, 0.3) is 0 Å². The van der Waals surface area contributed by atoms with Crippen LogP contribution in [0.2, 0.25) is 0 Å². The normalized spacial score (nSPS) is 15.8. The highest BCUT2D eigenvalue weighted by Gasteiger charge is 2.28. The Morgan fingerprint density at radius 3 is 2.59 bits per heavy atom. The van der Waals surface area contributed by atoms with Gasteiger partial charge in [-0.1, -0.05) is 32.4 Å². The van der Waals surface area contributed by atoms with Crippen molar-refractivity contribution in [1.82, 2.24) is 9.29 Å². The zero-order valence-corrected chi connectivity index (χ0v) is 17.3. The molecule has 0 saturated carbocycles. The molecule has 2 heterocycles. The van der Waals surface area contributed by atoms with Crippen LogP contribution in [0.1, 0.15) is 49.7 Å². The van der Waals surface area contributed by atoms with E-state index < -0.39 is 10.0 Å². The minimum absolute atomic E-state index is 0.126. The molecule has 2 aromatic rings. The van der Waals surface area contributed by atoms with Gasteiger partial charge in [-0.3, -0.25) is 4.79 Å². The predicted molar refractivity (Wildman–Crippen MR) is 108 cm³/mol. The number of aromatic nitrogens is 1. The number of hydrogen-bond donors (Lipinski definition) is 1. The highest BCUT2D eigenvalue weighted by molar-refractivity contribution is 7.89. The number of piperidine rings is 1. The zero-order valence-electron chi connectivity index (χ0n) is 15.6. The van der Waals surface area contributed by atoms with Crippen molar-refractivity contribution in [3.05, 3.63) is 40.3 Å². The summed E-state index contributed by atoms with van der Waals surface area (Å²) in [5, 5.41) is 5.63. The van der Waals surface area contributed by atoms with Gasteiger partial charge in [-0.25, -0.2) is 13.4 Å². The summed E-state index contributed by atoms with van der Waals surface area (Å²) in [6.45, 7) is 5.18. The number of amides is 1. The number of nitrogens with zero attached hydrogens (tertiary/aromatic N) is 2. The lowest BCUT2D eigenvalue weighted by Gasteiger charge is -2.26. The molecule has 1 aliphatic heterocycles. The molecule has 1 amide bonds. The van der Waals surface area contributed by atoms with Gasteiger partial charge in [-0.05, 0) is 25.0 Å². The number of thiazole rings is 1. The van der Waals surface area contributed by atoms with Gasteiger partial charge in [-0.15, -0.1) is 11.3 Å². The molecule has 8 heteroatoms. The lowest BCUT2D eigenvalue weighted by Crippen LogP contribution is -2.36. The number of nitrogens with one attached hydrogen (secondary N) is 1. The van der Waals surface area contributed by atoms with E-state index in [1.54, 1.807) is 24.3 Å². The maximum absolute atomic E-state index is 13.0. The van der Waals surface area contributed by atoms with Gasteiger partial charge in [0.05, 0.1) is 22.8 Å². The van der Waals surface area contributed by atoms with Crippen molar-refractivity contribution >= 4 is 33.0 Å². The molecule has 27 heavy (non-hydrogen) atoms. The van der Waals surface area contributed by atoms with Crippen LogP contribution in [0.5, 0.6) is 0 Å². The van der Waals surface area contributed by atoms with E-state index >= 15 is 0 Å². The Labute approximate surface area is 164 Å². The number of sulfonamides is 1. The molecule has 1 aromatic carbocycles. The van der Waals surface area contributed by atoms with Crippen LogP contribution in [0.3, 0.4) is 0 Å². The summed E-state index contributed by atoms with van der Waals surface area (Å²) in [6.07, 6.45) is 2.92. The van der Waals surface area contributed by atoms with Crippen molar-refractivity contribution < 1.29 is 13.2 Å². The van der Waals surface area contributed by atoms with E-state index in [9.17, 15) is 13.2 Å². The van der Waals surface area contributed by atoms with E-state index in [2.05, 4.69) is 24.1 Å². The third kappa shape index (κ3) is 4.75. The van der Waals surface area contributed by atoms with Crippen LogP contribution in [0.15, 0.2) is 34.5 Å². The Morgan fingerprint density at radius 2 is 1.93 bits per heavy atom. The van der Waals surface area contributed by atoms with E-state index in [4.69, 9.17) is 0 Å². The molecule has 146 valence electrons. The van der Waals surface area contributed by atoms with Crippen molar-refractivity contribution in [3.63, 3.8) is 0 Å². The quantitative estimate of drug-likeness (QED) is 0.793. The van der Waals surface area contributed by atoms with Crippen molar-refractivity contribution in [2.45, 2.75) is 50.3 Å². The standard InChI is InChI=1S/C19H25N3O3S2/c1-14(2)19-20-15(13-26-19)12-18(23)21-16-8-4-5-9-17(16)27(24,25)22-10-6-3-7-11-22/h4-5,8-9,13-14H,3,6-7,10-12H2,1-2H3,(H,21,23). The first kappa shape index (κ1) is 20.0. The first-order valence-electron chi connectivity index (χ1n) is 9.21. The highest BCUT2D eigenvalue weighted by Crippen LogP contribution is 2.27. The molecule has 1 fully saturated rings. The third-order valence-electron chi connectivity index (χ3n) is 4.50. The number of rotatable bonds is 6. The van der Waals surface area contributed by atoms with E-state index in [-0.39, 0.29) is 17.2 Å². The molecule has 1 aromatic heterocycles. The average molecular weight is 408 g/mol. The molecule has 0 bridgehead atoms. The molecular weight excluding hydrogens is 382 g/mol. The van der Waals surface area contributed by atoms with Crippen LogP contribution in [0, 0.1) is 0 Å². The number of anilines is 1. The van der Waals surface area contributed by atoms with Crippen molar-refractivity contribution in [3.8, 4) is 0 Å². The fraction of sp³-hybridized carbons (Fsp3) is 0.474. The van der Waals surface area contributed by atoms with E-state index in [1.807, 2.05) is 5.38 Å². The molecule has 6 nitrogen and oxygen atoms in total. The second kappa shape index (κ2) is 8.50. The van der Waals surface area contributed by atoms with Gasteiger partial charge in [0.25, 0.3) is 0 Å². The van der Waals surface area contributed by atoms with Crippen molar-refractivity contribution in [1.29, 1.82) is 0 Å². The fourth-order valence-corrected chi connectivity index (χ4v) is 5.57. The fourth-order valence-electron chi connectivity index (χ4n) is 3.07. The predicted octanol–water partition coefficient (Wildman–Crippen LogP) is 3.62. The van der Waals surface area contributed by atoms with Gasteiger partial charge < -0.3 is 5.32 Å². The van der Waals surface area contributed by atoms with Gasteiger partial charge in [0.15, 0.2) is 0 Å². The van der Waals surface area contributed by atoms with Gasteiger partial charge in [0, 0.05) is 24.4 Å². The molecule has 0 radical (unpaired) electrons. The molecule has 1 saturated heterocycles. The zero-order chi connectivity index (χ0) is 19.4. The molecule has 0 unspecified atom stereocenters. The molecule has 0 atom stereocenters. The number of para-hydroxylation sites is 1. The lowest BCUT2D eigenvalue weighted by molar-refractivity contribution is -0.115. The summed E-state index contributed by atoms with van der Waals surface area (Å²) in [7, 11) is -3.61. The van der Waals surface area contributed by atoms with Crippen LogP contribution in [-0.2, 0) is 21.2 Å². The van der Waals surface area contributed by atoms with Gasteiger partial charge in [0.2, 0.25) is 15.9 Å². The summed E-state index contributed by atoms with van der Waals surface area (Å²) < 4.78 is 27.5. The summed E-state index contributed by atoms with van der Waals surface area (Å²) in [5.74, 6) is 0.0547. The molecule has 1 aliphatic rings. The maximum Gasteiger partial charge on any atom is 0.245 e. The minimum Gasteiger partial charge on any atom is -0.325 e. The van der Waals surface area contributed by atoms with Crippen LogP contribution < -0.4 is 5.32 Å². The van der Waals surface area contributed by atoms with Crippen molar-refractivity contribution in [2.75, 3.05) is 18.4 Å². The van der Waals surface area contributed by atoms with E-state index in [1.165, 1.54) is 15.6 Å².